The predicted molar refractivity (Wildman–Crippen MR) is 117 cm³/mol. The van der Waals surface area contributed by atoms with Crippen molar-refractivity contribution in [2.24, 2.45) is 0 Å². The quantitative estimate of drug-likeness (QED) is 0.697. The zero-order valence-corrected chi connectivity index (χ0v) is 19.1. The summed E-state index contributed by atoms with van der Waals surface area (Å²) in [6.07, 6.45) is 3.82. The van der Waals surface area contributed by atoms with Crippen LogP contribution in [0.15, 0.2) is 30.5 Å². The Labute approximate surface area is 183 Å². The van der Waals surface area contributed by atoms with E-state index in [-0.39, 0.29) is 5.91 Å². The Morgan fingerprint density at radius 1 is 1.32 bits per heavy atom. The molecule has 1 aromatic heterocycles. The number of nitrogens with one attached hydrogen (secondary N) is 1. The van der Waals surface area contributed by atoms with Crippen LogP contribution < -0.4 is 10.1 Å². The van der Waals surface area contributed by atoms with Gasteiger partial charge in [-0.15, -0.1) is 0 Å². The number of hydrogen-bond acceptors (Lipinski definition) is 6. The first-order valence-corrected chi connectivity index (χ1v) is 11.6. The van der Waals surface area contributed by atoms with Gasteiger partial charge in [0.25, 0.3) is 16.1 Å². The van der Waals surface area contributed by atoms with Crippen molar-refractivity contribution in [2.45, 2.75) is 38.8 Å². The second-order valence-corrected chi connectivity index (χ2v) is 9.77. The van der Waals surface area contributed by atoms with Crippen LogP contribution in [0.1, 0.15) is 52.7 Å². The Morgan fingerprint density at radius 2 is 2.10 bits per heavy atom. The molecule has 1 aromatic carbocycles. The first-order chi connectivity index (χ1) is 14.7. The highest BCUT2D eigenvalue weighted by atomic mass is 32.2. The first-order valence-electron chi connectivity index (χ1n) is 10.2. The maximum atomic E-state index is 12.7. The number of nitrogens with zero attached hydrogens (tertiary/aromatic N) is 4. The fourth-order valence-corrected chi connectivity index (χ4v) is 4.88. The van der Waals surface area contributed by atoms with E-state index in [1.54, 1.807) is 14.0 Å². The fraction of sp³-hybridized carbons (Fsp3) is 0.476. The van der Waals surface area contributed by atoms with Crippen molar-refractivity contribution in [1.29, 1.82) is 0 Å². The number of hydrogen-bond donors (Lipinski definition) is 1. The van der Waals surface area contributed by atoms with E-state index in [1.165, 1.54) is 28.9 Å². The zero-order chi connectivity index (χ0) is 22.6. The van der Waals surface area contributed by atoms with Crippen molar-refractivity contribution < 1.29 is 17.9 Å². The van der Waals surface area contributed by atoms with Crippen molar-refractivity contribution >= 4 is 16.1 Å². The standard InChI is InChI=1S/C21H29N5O4S/c1-15-18(21(27)23-13-16-8-7-9-17(12-16)30-4)14-22-20(24-15)19-10-5-6-11-26(19)31(28,29)25(2)3/h7-9,12,14,19H,5-6,10-11,13H2,1-4H3,(H,23,27)/t19-/m0/s1. The molecule has 1 amide bonds. The monoisotopic (exact) mass is 447 g/mol. The van der Waals surface area contributed by atoms with E-state index in [4.69, 9.17) is 4.74 Å². The molecule has 3 rings (SSSR count). The van der Waals surface area contributed by atoms with Gasteiger partial charge in [0.1, 0.15) is 11.6 Å². The SMILES string of the molecule is COc1cccc(CNC(=O)c2cnc([C@@H]3CCCCN3S(=O)(=O)N(C)C)nc2C)c1. The normalized spacial score (nSPS) is 17.5. The molecule has 0 bridgehead atoms. The summed E-state index contributed by atoms with van der Waals surface area (Å²) >= 11 is 0. The van der Waals surface area contributed by atoms with Crippen LogP contribution in [0.2, 0.25) is 0 Å². The summed E-state index contributed by atoms with van der Waals surface area (Å²) in [6, 6.07) is 7.02. The van der Waals surface area contributed by atoms with E-state index < -0.39 is 16.3 Å². The zero-order valence-electron chi connectivity index (χ0n) is 18.3. The highest BCUT2D eigenvalue weighted by molar-refractivity contribution is 7.86. The Balaban J connectivity index is 1.76. The summed E-state index contributed by atoms with van der Waals surface area (Å²) in [5.74, 6) is 0.862. The van der Waals surface area contributed by atoms with Crippen molar-refractivity contribution in [3.8, 4) is 5.75 Å². The topological polar surface area (TPSA) is 105 Å². The van der Waals surface area contributed by atoms with E-state index in [2.05, 4.69) is 15.3 Å². The minimum atomic E-state index is -3.58. The summed E-state index contributed by atoms with van der Waals surface area (Å²) in [5, 5.41) is 2.87. The molecular formula is C21H29N5O4S. The van der Waals surface area contributed by atoms with Crippen LogP contribution in [-0.2, 0) is 16.8 Å². The lowest BCUT2D eigenvalue weighted by molar-refractivity contribution is 0.0949. The molecule has 9 nitrogen and oxygen atoms in total. The number of aromatic nitrogens is 2. The minimum absolute atomic E-state index is 0.284. The second-order valence-electron chi connectivity index (χ2n) is 7.67. The number of carbonyl (C=O) groups is 1. The van der Waals surface area contributed by atoms with Gasteiger partial charge in [0.05, 0.1) is 24.4 Å². The van der Waals surface area contributed by atoms with Gasteiger partial charge in [-0.2, -0.15) is 17.0 Å². The lowest BCUT2D eigenvalue weighted by Crippen LogP contribution is -2.45. The van der Waals surface area contributed by atoms with Crippen molar-refractivity contribution in [3.63, 3.8) is 0 Å². The maximum Gasteiger partial charge on any atom is 0.282 e. The molecule has 1 atom stereocenters. The number of piperidine rings is 1. The van der Waals surface area contributed by atoms with Crippen molar-refractivity contribution in [3.05, 3.63) is 53.1 Å². The molecule has 1 aliphatic heterocycles. The third-order valence-electron chi connectivity index (χ3n) is 5.34. The Hall–Kier alpha value is -2.56. The Kier molecular flexibility index (Phi) is 7.24. The van der Waals surface area contributed by atoms with Crippen LogP contribution in [0.25, 0.3) is 0 Å². The molecule has 0 saturated carbocycles. The van der Waals surface area contributed by atoms with E-state index in [1.807, 2.05) is 24.3 Å². The highest BCUT2D eigenvalue weighted by Gasteiger charge is 2.36. The smallest absolute Gasteiger partial charge is 0.282 e. The van der Waals surface area contributed by atoms with Crippen LogP contribution >= 0.6 is 0 Å². The Morgan fingerprint density at radius 3 is 2.77 bits per heavy atom. The molecule has 0 aliphatic carbocycles. The van der Waals surface area contributed by atoms with Gasteiger partial charge in [-0.25, -0.2) is 9.97 Å². The summed E-state index contributed by atoms with van der Waals surface area (Å²) in [7, 11) is 1.04. The van der Waals surface area contributed by atoms with Crippen LogP contribution in [0.3, 0.4) is 0 Å². The predicted octanol–water partition coefficient (Wildman–Crippen LogP) is 2.06. The van der Waals surface area contributed by atoms with Crippen molar-refractivity contribution in [2.75, 3.05) is 27.7 Å². The van der Waals surface area contributed by atoms with Gasteiger partial charge in [0.15, 0.2) is 0 Å². The molecule has 168 valence electrons. The molecule has 0 unspecified atom stereocenters. The lowest BCUT2D eigenvalue weighted by Gasteiger charge is -2.35. The summed E-state index contributed by atoms with van der Waals surface area (Å²) in [5.41, 5.74) is 1.79. The van der Waals surface area contributed by atoms with E-state index in [0.717, 1.165) is 24.2 Å². The van der Waals surface area contributed by atoms with Crippen molar-refractivity contribution in [1.82, 2.24) is 23.9 Å². The average molecular weight is 448 g/mol. The van der Waals surface area contributed by atoms with Gasteiger partial charge < -0.3 is 10.1 Å². The van der Waals surface area contributed by atoms with Crippen LogP contribution in [-0.4, -0.2) is 60.7 Å². The number of rotatable bonds is 7. The molecule has 1 saturated heterocycles. The number of ether oxygens (including phenoxy) is 1. The summed E-state index contributed by atoms with van der Waals surface area (Å²) in [6.45, 7) is 2.50. The van der Waals surface area contributed by atoms with E-state index in [0.29, 0.717) is 36.6 Å². The first kappa shape index (κ1) is 23.1. The van der Waals surface area contributed by atoms with Crippen LogP contribution in [0.4, 0.5) is 0 Å². The fourth-order valence-electron chi connectivity index (χ4n) is 3.58. The van der Waals surface area contributed by atoms with E-state index >= 15 is 0 Å². The molecule has 1 N–H and O–H groups in total. The van der Waals surface area contributed by atoms with Gasteiger partial charge in [-0.05, 0) is 37.5 Å². The van der Waals surface area contributed by atoms with Gasteiger partial charge >= 0.3 is 0 Å². The number of aryl methyl sites for hydroxylation is 1. The molecule has 31 heavy (non-hydrogen) atoms. The molecule has 2 aromatic rings. The largest absolute Gasteiger partial charge is 0.497 e. The summed E-state index contributed by atoms with van der Waals surface area (Å²) in [4.78, 5) is 21.5. The molecule has 0 spiro atoms. The van der Waals surface area contributed by atoms with E-state index in [9.17, 15) is 13.2 Å². The van der Waals surface area contributed by atoms with Gasteiger partial charge in [-0.1, -0.05) is 18.6 Å². The number of amides is 1. The molecule has 0 radical (unpaired) electrons. The minimum Gasteiger partial charge on any atom is -0.497 e. The molecule has 2 heterocycles. The molecule has 1 fully saturated rings. The summed E-state index contributed by atoms with van der Waals surface area (Å²) < 4.78 is 33.3. The second kappa shape index (κ2) is 9.71. The average Bonchev–Trinajstić information content (AvgIpc) is 2.77. The number of carbonyl (C=O) groups excluding carboxylic acids is 1. The molecule has 10 heteroatoms. The van der Waals surface area contributed by atoms with Gasteiger partial charge in [0, 0.05) is 33.4 Å². The highest BCUT2D eigenvalue weighted by Crippen LogP contribution is 2.32. The van der Waals surface area contributed by atoms with Crippen LogP contribution in [0.5, 0.6) is 5.75 Å². The number of benzene rings is 1. The third kappa shape index (κ3) is 5.20. The van der Waals surface area contributed by atoms with Crippen LogP contribution in [0, 0.1) is 6.92 Å². The maximum absolute atomic E-state index is 12.7. The Bertz CT molecular complexity index is 1040. The number of methoxy groups -OCH3 is 1. The molecular weight excluding hydrogens is 418 g/mol. The van der Waals surface area contributed by atoms with Gasteiger partial charge in [0.2, 0.25) is 0 Å². The van der Waals surface area contributed by atoms with Gasteiger partial charge in [-0.3, -0.25) is 4.79 Å². The lowest BCUT2D eigenvalue weighted by atomic mass is 10.0. The molecule has 1 aliphatic rings. The third-order valence-corrected chi connectivity index (χ3v) is 7.29.